The Kier molecular flexibility index (Phi) is 12.0. The highest BCUT2D eigenvalue weighted by atomic mass is 16.5. The molecule has 0 atom stereocenters. The van der Waals surface area contributed by atoms with Crippen molar-refractivity contribution in [3.8, 4) is 39.7 Å². The number of phenols is 1. The van der Waals surface area contributed by atoms with E-state index in [1.807, 2.05) is 49.3 Å². The summed E-state index contributed by atoms with van der Waals surface area (Å²) in [6.45, 7) is 3.72. The molecule has 2 aliphatic heterocycles. The fourth-order valence-electron chi connectivity index (χ4n) is 7.86. The van der Waals surface area contributed by atoms with Gasteiger partial charge in [0.05, 0.1) is 28.8 Å². The van der Waals surface area contributed by atoms with Crippen LogP contribution in [0.15, 0.2) is 137 Å². The standard InChI is InChI=1S/C52H39N3O12/c1-27-8-13-34-42(21-27)66-43-24-30(55(2)3)11-16-35(43)46(34)32-14-9-28(22-38(32)51(62)63)49(59)53-20-6-4-5-7-45(58)54-26-40-41(57)19-18-37-47(36-17-12-31(56)25-44(36)67-48(37)40)33-15-10-29(50(60)61)23-39(33)52(64)65/h4-19,21-25,56H,1,20,26H2,2-3H3,(H,53,59)(H,54,58)(H,60,61)(H,62,63)(H,64,65)/b6-4+,7-5+. The molecule has 5 aromatic rings. The Hall–Kier alpha value is -9.24. The number of anilines is 1. The van der Waals surface area contributed by atoms with Crippen LogP contribution in [0.1, 0.15) is 58.1 Å². The molecule has 0 radical (unpaired) electrons. The second-order valence-corrected chi connectivity index (χ2v) is 15.6. The van der Waals surface area contributed by atoms with Crippen LogP contribution in [0, 0.1) is 0 Å². The largest absolute Gasteiger partial charge is 0.508 e. The van der Waals surface area contributed by atoms with E-state index < -0.39 is 35.2 Å². The van der Waals surface area contributed by atoms with Crippen LogP contribution < -0.4 is 36.1 Å². The van der Waals surface area contributed by atoms with Crippen molar-refractivity contribution in [1.82, 2.24) is 10.6 Å². The third kappa shape index (κ3) is 8.84. The molecule has 1 aliphatic carbocycles. The van der Waals surface area contributed by atoms with Crippen LogP contribution in [-0.4, -0.2) is 70.8 Å². The first-order valence-electron chi connectivity index (χ1n) is 20.5. The summed E-state index contributed by atoms with van der Waals surface area (Å²) in [5.41, 5.74) is 2.39. The van der Waals surface area contributed by atoms with Gasteiger partial charge in [0.1, 0.15) is 28.6 Å². The molecule has 2 heterocycles. The molecule has 15 heteroatoms. The third-order valence-corrected chi connectivity index (χ3v) is 11.1. The van der Waals surface area contributed by atoms with E-state index >= 15 is 0 Å². The summed E-state index contributed by atoms with van der Waals surface area (Å²) < 4.78 is 12.4. The maximum Gasteiger partial charge on any atom is 0.336 e. The van der Waals surface area contributed by atoms with Crippen LogP contribution in [0.25, 0.3) is 45.6 Å². The van der Waals surface area contributed by atoms with Gasteiger partial charge in [-0.05, 0) is 83.1 Å². The molecule has 0 bridgehead atoms. The van der Waals surface area contributed by atoms with E-state index in [0.29, 0.717) is 49.9 Å². The third-order valence-electron chi connectivity index (χ3n) is 11.1. The number of nitrogens with zero attached hydrogens (tertiary/aromatic N) is 1. The Labute approximate surface area is 380 Å². The number of carboxylic acids is 3. The average Bonchev–Trinajstić information content (AvgIpc) is 3.29. The maximum absolute atomic E-state index is 13.2. The van der Waals surface area contributed by atoms with Crippen molar-refractivity contribution < 1.29 is 53.6 Å². The molecule has 3 aliphatic rings. The van der Waals surface area contributed by atoms with E-state index in [1.54, 1.807) is 24.3 Å². The van der Waals surface area contributed by atoms with E-state index in [-0.39, 0.29) is 63.6 Å². The smallest absolute Gasteiger partial charge is 0.336 e. The highest BCUT2D eigenvalue weighted by Crippen LogP contribution is 2.44. The number of benzene rings is 6. The van der Waals surface area contributed by atoms with Crippen LogP contribution >= 0.6 is 0 Å². The number of hydrogen-bond donors (Lipinski definition) is 6. The van der Waals surface area contributed by atoms with Gasteiger partial charge in [-0.2, -0.15) is 0 Å². The SMILES string of the molecule is C=c1ccc2c(c1)Oc1cc(N(C)C)ccc1C=2c1ccc(C(=O)NC/C=C/C=C/C(=O)NCc2c3oc4cc(O)ccc4c(-c4ccc(C(=O)O)cc4C(=O)O)c-3ccc2=O)cc1C(=O)O. The molecule has 5 aromatic carbocycles. The van der Waals surface area contributed by atoms with E-state index in [4.69, 9.17) is 9.15 Å². The molecule has 334 valence electrons. The van der Waals surface area contributed by atoms with Crippen LogP contribution in [0.3, 0.4) is 0 Å². The van der Waals surface area contributed by atoms with E-state index in [1.165, 1.54) is 66.8 Å². The van der Waals surface area contributed by atoms with Crippen molar-refractivity contribution in [1.29, 1.82) is 0 Å². The van der Waals surface area contributed by atoms with Gasteiger partial charge in [0.15, 0.2) is 5.43 Å². The fraction of sp³-hybridized carbons (Fsp3) is 0.0769. The zero-order valence-corrected chi connectivity index (χ0v) is 35.7. The molecule has 67 heavy (non-hydrogen) atoms. The first kappa shape index (κ1) is 44.4. The maximum atomic E-state index is 13.2. The number of rotatable bonds is 13. The molecule has 0 saturated carbocycles. The molecule has 0 aromatic heterocycles. The van der Waals surface area contributed by atoms with Crippen molar-refractivity contribution in [3.05, 3.63) is 187 Å². The van der Waals surface area contributed by atoms with Gasteiger partial charge in [-0.15, -0.1) is 0 Å². The highest BCUT2D eigenvalue weighted by Gasteiger charge is 2.27. The average molecular weight is 898 g/mol. The zero-order chi connectivity index (χ0) is 47.7. The van der Waals surface area contributed by atoms with Crippen molar-refractivity contribution in [2.75, 3.05) is 25.5 Å². The number of hydrogen-bond acceptors (Lipinski definition) is 10. The molecule has 15 nitrogen and oxygen atoms in total. The van der Waals surface area contributed by atoms with Crippen LogP contribution in [0.2, 0.25) is 0 Å². The van der Waals surface area contributed by atoms with Gasteiger partial charge >= 0.3 is 17.9 Å². The quantitative estimate of drug-likeness (QED) is 0.0421. The molecule has 0 spiro atoms. The van der Waals surface area contributed by atoms with Crippen molar-refractivity contribution in [2.24, 2.45) is 0 Å². The number of aromatic carboxylic acids is 3. The predicted octanol–water partition coefficient (Wildman–Crippen LogP) is 6.35. The summed E-state index contributed by atoms with van der Waals surface area (Å²) in [5.74, 6) is -4.18. The minimum absolute atomic E-state index is 0.00819. The Morgan fingerprint density at radius 3 is 2.15 bits per heavy atom. The number of amides is 2. The zero-order valence-electron chi connectivity index (χ0n) is 35.7. The molecule has 0 unspecified atom stereocenters. The first-order valence-corrected chi connectivity index (χ1v) is 20.5. The van der Waals surface area contributed by atoms with Gasteiger partial charge in [0.25, 0.3) is 5.91 Å². The number of ether oxygens (including phenoxy) is 1. The summed E-state index contributed by atoms with van der Waals surface area (Å²) in [5, 5.41) is 47.4. The Morgan fingerprint density at radius 2 is 1.40 bits per heavy atom. The second-order valence-electron chi connectivity index (χ2n) is 15.6. The lowest BCUT2D eigenvalue weighted by molar-refractivity contribution is -0.116. The molecule has 0 saturated heterocycles. The molecule has 6 N–H and O–H groups in total. The molecule has 8 rings (SSSR count). The van der Waals surface area contributed by atoms with Crippen LogP contribution in [-0.2, 0) is 11.3 Å². The lowest BCUT2D eigenvalue weighted by atomic mass is 9.88. The minimum atomic E-state index is -1.40. The molecule has 0 fully saturated rings. The van der Waals surface area contributed by atoms with Crippen molar-refractivity contribution >= 4 is 58.5 Å². The predicted molar refractivity (Wildman–Crippen MR) is 250 cm³/mol. The fourth-order valence-corrected chi connectivity index (χ4v) is 7.86. The number of nitrogens with one attached hydrogen (secondary N) is 2. The van der Waals surface area contributed by atoms with Crippen LogP contribution in [0.5, 0.6) is 17.2 Å². The van der Waals surface area contributed by atoms with E-state index in [0.717, 1.165) is 17.0 Å². The topological polar surface area (TPSA) is 233 Å². The summed E-state index contributed by atoms with van der Waals surface area (Å²) >= 11 is 0. The normalized spacial score (nSPS) is 11.9. The van der Waals surface area contributed by atoms with Gasteiger partial charge in [-0.1, -0.05) is 49.1 Å². The summed E-state index contributed by atoms with van der Waals surface area (Å²) in [7, 11) is 3.81. The number of allylic oxidation sites excluding steroid dienone is 2. The number of carbonyl (C=O) groups is 5. The number of aromatic hydroxyl groups is 1. The second kappa shape index (κ2) is 18.1. The molecule has 2 amide bonds. The van der Waals surface area contributed by atoms with Crippen molar-refractivity contribution in [3.63, 3.8) is 0 Å². The van der Waals surface area contributed by atoms with Gasteiger partial charge in [-0.3, -0.25) is 14.4 Å². The number of carboxylic acid groups (broad SMARTS) is 3. The number of phenolic OH excluding ortho intramolecular Hbond substituents is 1. The lowest BCUT2D eigenvalue weighted by Crippen LogP contribution is -2.25. The Morgan fingerprint density at radius 1 is 0.701 bits per heavy atom. The number of carbonyl (C=O) groups excluding carboxylic acids is 2. The molecular formula is C52H39N3O12. The van der Waals surface area contributed by atoms with E-state index in [9.17, 15) is 49.2 Å². The van der Waals surface area contributed by atoms with E-state index in [2.05, 4.69) is 17.2 Å². The first-order chi connectivity index (χ1) is 32.1. The van der Waals surface area contributed by atoms with Crippen LogP contribution in [0.4, 0.5) is 5.69 Å². The summed E-state index contributed by atoms with van der Waals surface area (Å²) in [6.07, 6.45) is 5.67. The minimum Gasteiger partial charge on any atom is -0.508 e. The Bertz CT molecular complexity index is 3460. The van der Waals surface area contributed by atoms with Gasteiger partial charge < -0.3 is 45.1 Å². The monoisotopic (exact) mass is 897 g/mol. The van der Waals surface area contributed by atoms with Crippen molar-refractivity contribution in [2.45, 2.75) is 6.54 Å². The number of fused-ring (bicyclic) bond motifs is 4. The molecular weight excluding hydrogens is 859 g/mol. The Balaban J connectivity index is 0.967. The highest BCUT2D eigenvalue weighted by molar-refractivity contribution is 6.09. The van der Waals surface area contributed by atoms with Gasteiger partial charge in [0.2, 0.25) is 5.91 Å². The van der Waals surface area contributed by atoms with Gasteiger partial charge in [0, 0.05) is 83.0 Å². The van der Waals surface area contributed by atoms with Gasteiger partial charge in [-0.25, -0.2) is 14.4 Å². The summed E-state index contributed by atoms with van der Waals surface area (Å²) in [4.78, 5) is 78.1. The summed E-state index contributed by atoms with van der Waals surface area (Å²) in [6, 6.07) is 26.1. The lowest BCUT2D eigenvalue weighted by Gasteiger charge is -2.24.